The number of imidazole rings is 1. The van der Waals surface area contributed by atoms with Gasteiger partial charge in [0, 0.05) is 44.2 Å². The monoisotopic (exact) mass is 480 g/mol. The molecule has 4 heterocycles. The highest BCUT2D eigenvalue weighted by Gasteiger charge is 2.51. The fourth-order valence-electron chi connectivity index (χ4n) is 5.46. The van der Waals surface area contributed by atoms with Crippen LogP contribution in [0.4, 0.5) is 10.2 Å². The molecule has 3 aromatic rings. The summed E-state index contributed by atoms with van der Waals surface area (Å²) in [6.07, 6.45) is 5.94. The van der Waals surface area contributed by atoms with Crippen LogP contribution in [0.5, 0.6) is 5.75 Å². The van der Waals surface area contributed by atoms with Crippen LogP contribution in [0.2, 0.25) is 6.82 Å². The zero-order valence-corrected chi connectivity index (χ0v) is 20.2. The van der Waals surface area contributed by atoms with Crippen molar-refractivity contribution in [1.82, 2.24) is 24.6 Å². The molecule has 1 aliphatic carbocycles. The molecular weight excluding hydrogens is 450 g/mol. The van der Waals surface area contributed by atoms with E-state index in [9.17, 15) is 5.02 Å². The van der Waals surface area contributed by atoms with E-state index in [1.807, 2.05) is 57.9 Å². The van der Waals surface area contributed by atoms with E-state index in [4.69, 9.17) is 9.47 Å². The second-order valence-corrected chi connectivity index (χ2v) is 9.26. The largest absolute Gasteiger partial charge is 0.467 e. The molecule has 11 heteroatoms. The lowest BCUT2D eigenvalue weighted by atomic mass is 9.68. The van der Waals surface area contributed by atoms with Crippen molar-refractivity contribution in [2.45, 2.75) is 37.9 Å². The number of fused-ring (bicyclic) bond motifs is 3. The van der Waals surface area contributed by atoms with E-state index in [1.165, 1.54) is 0 Å². The van der Waals surface area contributed by atoms with Crippen LogP contribution in [-0.4, -0.2) is 82.4 Å². The van der Waals surface area contributed by atoms with Crippen molar-refractivity contribution in [2.75, 3.05) is 32.4 Å². The molecule has 2 saturated heterocycles. The summed E-state index contributed by atoms with van der Waals surface area (Å²) in [5, 5.41) is 18.9. The molecular formula is C24H30BFN6O3. The third-order valence-corrected chi connectivity index (χ3v) is 7.20. The fraction of sp³-hybridized carbons (Fsp3) is 0.458. The van der Waals surface area contributed by atoms with Crippen LogP contribution in [0.25, 0.3) is 16.9 Å². The van der Waals surface area contributed by atoms with E-state index in [0.717, 1.165) is 24.1 Å². The minimum Gasteiger partial charge on any atom is -0.467 e. The van der Waals surface area contributed by atoms with Gasteiger partial charge in [0.1, 0.15) is 11.9 Å². The predicted molar refractivity (Wildman–Crippen MR) is 131 cm³/mol. The molecule has 2 bridgehead atoms. The lowest BCUT2D eigenvalue weighted by Gasteiger charge is -2.54. The van der Waals surface area contributed by atoms with E-state index in [0.29, 0.717) is 23.8 Å². The first-order valence-corrected chi connectivity index (χ1v) is 11.9. The summed E-state index contributed by atoms with van der Waals surface area (Å²) in [7, 11) is 2.81. The summed E-state index contributed by atoms with van der Waals surface area (Å²) >= 11 is 0. The van der Waals surface area contributed by atoms with E-state index in [1.54, 1.807) is 26.5 Å². The Hall–Kier alpha value is -3.02. The van der Waals surface area contributed by atoms with E-state index in [-0.39, 0.29) is 24.8 Å². The summed E-state index contributed by atoms with van der Waals surface area (Å²) in [5.41, 5.74) is 2.32. The van der Waals surface area contributed by atoms with E-state index in [2.05, 4.69) is 15.2 Å². The fourth-order valence-corrected chi connectivity index (χ4v) is 5.46. The number of alkyl halides is 1. The normalized spacial score (nSPS) is 23.9. The van der Waals surface area contributed by atoms with Crippen LogP contribution < -0.4 is 9.64 Å². The highest BCUT2D eigenvalue weighted by molar-refractivity contribution is 6.45. The summed E-state index contributed by atoms with van der Waals surface area (Å²) in [4.78, 5) is 7.88. The highest BCUT2D eigenvalue weighted by Crippen LogP contribution is 2.41. The average molecular weight is 480 g/mol. The Bertz CT molecular complexity index is 1130. The molecule has 1 saturated carbocycles. The average Bonchev–Trinajstić information content (AvgIpc) is 3.42. The molecule has 2 aliphatic heterocycles. The number of anilines is 1. The van der Waals surface area contributed by atoms with Crippen LogP contribution in [0.15, 0.2) is 49.1 Å². The minimum atomic E-state index is -1.06. The number of piperidine rings is 2. The Morgan fingerprint density at radius 2 is 2.09 bits per heavy atom. The van der Waals surface area contributed by atoms with Gasteiger partial charge in [0.25, 0.3) is 0 Å². The summed E-state index contributed by atoms with van der Waals surface area (Å²) in [6.45, 7) is 2.50. The molecule has 1 aromatic carbocycles. The number of hydrogen-bond donors (Lipinski definition) is 1. The van der Waals surface area contributed by atoms with Crippen molar-refractivity contribution in [1.29, 1.82) is 0 Å². The third-order valence-electron chi connectivity index (χ3n) is 7.20. The number of hydrogen-bond acceptors (Lipinski definition) is 8. The molecule has 3 aliphatic rings. The van der Waals surface area contributed by atoms with Gasteiger partial charge >= 0.3 is 7.05 Å². The highest BCUT2D eigenvalue weighted by atomic mass is 19.1. The van der Waals surface area contributed by atoms with Gasteiger partial charge in [-0.1, -0.05) is 0 Å². The maximum atomic E-state index is 15.5. The molecule has 4 atom stereocenters. The molecule has 3 fully saturated rings. The lowest BCUT2D eigenvalue weighted by Crippen LogP contribution is -2.68. The van der Waals surface area contributed by atoms with Crippen LogP contribution >= 0.6 is 0 Å². The van der Waals surface area contributed by atoms with Crippen molar-refractivity contribution in [2.24, 2.45) is 5.92 Å². The number of methoxy groups -OCH3 is 1. The summed E-state index contributed by atoms with van der Waals surface area (Å²) in [5.74, 6) is 1.35. The molecule has 35 heavy (non-hydrogen) atoms. The SMILES string of the molecule is COCOc1cc(-n2ccnc2)ccc1-c1ccc(N(C)[C@H]2C3CCC([C@@H]2F)N(B(C)O)C3)nn1. The lowest BCUT2D eigenvalue weighted by molar-refractivity contribution is 0.00393. The van der Waals surface area contributed by atoms with Crippen molar-refractivity contribution >= 4 is 12.9 Å². The number of rotatable bonds is 8. The number of halogens is 1. The Morgan fingerprint density at radius 3 is 2.74 bits per heavy atom. The van der Waals surface area contributed by atoms with Gasteiger partial charge in [0.2, 0.25) is 0 Å². The van der Waals surface area contributed by atoms with Gasteiger partial charge < -0.3 is 28.8 Å². The Labute approximate surface area is 204 Å². The first-order valence-electron chi connectivity index (χ1n) is 11.9. The van der Waals surface area contributed by atoms with Gasteiger partial charge in [0.05, 0.1) is 23.8 Å². The van der Waals surface area contributed by atoms with Crippen molar-refractivity contribution in [3.8, 4) is 22.7 Å². The zero-order chi connectivity index (χ0) is 24.5. The minimum absolute atomic E-state index is 0.0975. The van der Waals surface area contributed by atoms with Crippen LogP contribution in [0.3, 0.4) is 0 Å². The maximum absolute atomic E-state index is 15.5. The van der Waals surface area contributed by atoms with Gasteiger partial charge in [-0.3, -0.25) is 0 Å². The second kappa shape index (κ2) is 9.92. The molecule has 2 aromatic heterocycles. The number of nitrogens with zero attached hydrogens (tertiary/aromatic N) is 6. The zero-order valence-electron chi connectivity index (χ0n) is 20.2. The number of benzene rings is 1. The molecule has 0 radical (unpaired) electrons. The third kappa shape index (κ3) is 4.51. The van der Waals surface area contributed by atoms with E-state index >= 15 is 4.39 Å². The topological polar surface area (TPSA) is 88.8 Å². The van der Waals surface area contributed by atoms with Crippen LogP contribution in [0.1, 0.15) is 12.8 Å². The maximum Gasteiger partial charge on any atom is 0.376 e. The van der Waals surface area contributed by atoms with Gasteiger partial charge in [-0.15, -0.1) is 10.2 Å². The molecule has 0 spiro atoms. The van der Waals surface area contributed by atoms with Gasteiger partial charge in [-0.2, -0.15) is 0 Å². The quantitative estimate of drug-likeness (QED) is 0.389. The molecule has 2 unspecified atom stereocenters. The first kappa shape index (κ1) is 23.7. The van der Waals surface area contributed by atoms with Gasteiger partial charge in [-0.25, -0.2) is 9.37 Å². The Balaban J connectivity index is 1.38. The molecule has 184 valence electrons. The van der Waals surface area contributed by atoms with Crippen LogP contribution in [-0.2, 0) is 4.74 Å². The van der Waals surface area contributed by atoms with Crippen molar-refractivity contribution in [3.05, 3.63) is 49.1 Å². The summed E-state index contributed by atoms with van der Waals surface area (Å²) in [6, 6.07) is 8.97. The summed E-state index contributed by atoms with van der Waals surface area (Å²) < 4.78 is 28.3. The van der Waals surface area contributed by atoms with Crippen molar-refractivity contribution < 1.29 is 18.9 Å². The molecule has 9 nitrogen and oxygen atoms in total. The van der Waals surface area contributed by atoms with E-state index < -0.39 is 13.2 Å². The van der Waals surface area contributed by atoms with Crippen LogP contribution in [0, 0.1) is 5.92 Å². The standard InChI is InChI=1S/C24H30BFN6O3/c1-25(33)32-13-16-4-8-20(32)23(26)24(16)30(2)22-9-7-19(28-29-22)18-6-5-17(31-11-10-27-14-31)12-21(18)35-15-34-3/h5-7,9-12,14,16,20,23-24,33H,4,8,13,15H2,1-3H3/t16?,20?,23-,24-/m0/s1. The van der Waals surface area contributed by atoms with Gasteiger partial charge in [-0.05, 0) is 56.4 Å². The molecule has 1 N–H and O–H groups in total. The van der Waals surface area contributed by atoms with Gasteiger partial charge in [0.15, 0.2) is 12.6 Å². The Kier molecular flexibility index (Phi) is 6.72. The predicted octanol–water partition coefficient (Wildman–Crippen LogP) is 2.66. The van der Waals surface area contributed by atoms with Crippen molar-refractivity contribution in [3.63, 3.8) is 0 Å². The molecule has 0 amide bonds. The second-order valence-electron chi connectivity index (χ2n) is 9.26. The first-order chi connectivity index (χ1) is 17.0. The smallest absolute Gasteiger partial charge is 0.376 e. The number of aromatic nitrogens is 4. The molecule has 6 rings (SSSR count). The Morgan fingerprint density at radius 1 is 1.23 bits per heavy atom. The number of ether oxygens (including phenoxy) is 2.